The normalized spacial score (nSPS) is 11.6. The second-order valence-corrected chi connectivity index (χ2v) is 10.2. The molecule has 202 valence electrons. The Bertz CT molecular complexity index is 1690. The van der Waals surface area contributed by atoms with Crippen LogP contribution in [-0.4, -0.2) is 39.3 Å². The van der Waals surface area contributed by atoms with Crippen LogP contribution in [0.3, 0.4) is 0 Å². The van der Waals surface area contributed by atoms with Gasteiger partial charge in [-0.2, -0.15) is 0 Å². The smallest absolute Gasteiger partial charge is 0.318 e. The molecule has 2 aromatic carbocycles. The molecule has 0 amide bonds. The molecule has 0 saturated heterocycles. The predicted molar refractivity (Wildman–Crippen MR) is 152 cm³/mol. The van der Waals surface area contributed by atoms with Gasteiger partial charge in [-0.25, -0.2) is 14.9 Å². The summed E-state index contributed by atoms with van der Waals surface area (Å²) in [5.74, 6) is 1.61. The van der Waals surface area contributed by atoms with Crippen molar-refractivity contribution in [2.45, 2.75) is 66.6 Å². The number of nitrogens with one attached hydrogen (secondary N) is 1. The van der Waals surface area contributed by atoms with Gasteiger partial charge in [0.15, 0.2) is 17.0 Å². The monoisotopic (exact) mass is 526 g/mol. The topological polar surface area (TPSA) is 116 Å². The van der Waals surface area contributed by atoms with Crippen molar-refractivity contribution in [1.29, 1.82) is 0 Å². The van der Waals surface area contributed by atoms with Gasteiger partial charge in [0, 0.05) is 31.6 Å². The molecule has 5 rings (SSSR count). The molecular weight excluding hydrogens is 492 g/mol. The van der Waals surface area contributed by atoms with E-state index in [9.17, 15) is 9.59 Å². The van der Waals surface area contributed by atoms with E-state index in [0.29, 0.717) is 36.6 Å². The fourth-order valence-corrected chi connectivity index (χ4v) is 5.03. The molecule has 10 heteroatoms. The Hall–Kier alpha value is -4.34. The molecule has 0 radical (unpaired) electrons. The minimum Gasteiger partial charge on any atom is -0.318 e. The molecule has 3 aromatic heterocycles. The van der Waals surface area contributed by atoms with Crippen LogP contribution in [0.4, 0.5) is 0 Å². The van der Waals surface area contributed by atoms with Crippen molar-refractivity contribution < 1.29 is 0 Å². The van der Waals surface area contributed by atoms with Crippen LogP contribution >= 0.6 is 0 Å². The number of hydrogen-bond acceptors (Lipinski definition) is 6. The lowest BCUT2D eigenvalue weighted by atomic mass is 9.98. The zero-order valence-electron chi connectivity index (χ0n) is 22.9. The van der Waals surface area contributed by atoms with Gasteiger partial charge in [0.1, 0.15) is 5.82 Å². The number of nitrogens with zero attached hydrogens (tertiary/aromatic N) is 7. The summed E-state index contributed by atoms with van der Waals surface area (Å²) in [6, 6.07) is 16.3. The van der Waals surface area contributed by atoms with Crippen molar-refractivity contribution in [1.82, 2.24) is 39.3 Å². The van der Waals surface area contributed by atoms with Crippen molar-refractivity contribution in [3.8, 4) is 22.5 Å². The van der Waals surface area contributed by atoms with Gasteiger partial charge < -0.3 is 4.57 Å². The van der Waals surface area contributed by atoms with E-state index in [-0.39, 0.29) is 17.2 Å². The molecule has 10 nitrogen and oxygen atoms in total. The van der Waals surface area contributed by atoms with Gasteiger partial charge >= 0.3 is 5.69 Å². The summed E-state index contributed by atoms with van der Waals surface area (Å²) in [5, 5.41) is 14.3. The number of aromatic amines is 1. The maximum absolute atomic E-state index is 13.7. The van der Waals surface area contributed by atoms with Crippen molar-refractivity contribution in [3.05, 3.63) is 80.8 Å². The molecule has 0 saturated carbocycles. The van der Waals surface area contributed by atoms with Crippen LogP contribution in [0, 0.1) is 5.92 Å². The highest BCUT2D eigenvalue weighted by Crippen LogP contribution is 2.30. The molecule has 39 heavy (non-hydrogen) atoms. The first kappa shape index (κ1) is 26.3. The SMILES string of the molecule is CCCCc1nc2c(c(=O)n(CC(C)C)c(=O)n2CC)n1Cc1ccc(-c2ccccc2-c2nnn[nH]2)cc1. The number of imidazole rings is 1. The van der Waals surface area contributed by atoms with Crippen LogP contribution in [0.1, 0.15) is 51.9 Å². The Kier molecular flexibility index (Phi) is 7.53. The van der Waals surface area contributed by atoms with Crippen LogP contribution in [-0.2, 0) is 26.1 Å². The summed E-state index contributed by atoms with van der Waals surface area (Å²) in [6.45, 7) is 9.38. The molecule has 0 aliphatic carbocycles. The molecule has 1 N–H and O–H groups in total. The first-order valence-electron chi connectivity index (χ1n) is 13.6. The van der Waals surface area contributed by atoms with Gasteiger partial charge in [-0.3, -0.25) is 13.9 Å². The molecule has 5 aromatic rings. The quantitative estimate of drug-likeness (QED) is 0.290. The van der Waals surface area contributed by atoms with Crippen molar-refractivity contribution >= 4 is 11.2 Å². The lowest BCUT2D eigenvalue weighted by Crippen LogP contribution is -2.41. The summed E-state index contributed by atoms with van der Waals surface area (Å²) < 4.78 is 5.01. The highest BCUT2D eigenvalue weighted by atomic mass is 16.2. The molecule has 0 aliphatic rings. The van der Waals surface area contributed by atoms with Crippen molar-refractivity contribution in [3.63, 3.8) is 0 Å². The lowest BCUT2D eigenvalue weighted by molar-refractivity contribution is 0.477. The average Bonchev–Trinajstić information content (AvgIpc) is 3.59. The predicted octanol–water partition coefficient (Wildman–Crippen LogP) is 4.27. The fourth-order valence-electron chi connectivity index (χ4n) is 5.03. The number of unbranched alkanes of at least 4 members (excludes halogenated alkanes) is 1. The van der Waals surface area contributed by atoms with Crippen LogP contribution < -0.4 is 11.2 Å². The summed E-state index contributed by atoms with van der Waals surface area (Å²) in [7, 11) is 0. The van der Waals surface area contributed by atoms with E-state index in [1.807, 2.05) is 49.6 Å². The van der Waals surface area contributed by atoms with Crippen molar-refractivity contribution in [2.75, 3.05) is 0 Å². The molecular formula is C29H34N8O2. The summed E-state index contributed by atoms with van der Waals surface area (Å²) in [6.07, 6.45) is 2.70. The average molecular weight is 527 g/mol. The van der Waals surface area contributed by atoms with Gasteiger partial charge in [-0.15, -0.1) is 5.10 Å². The molecule has 0 bridgehead atoms. The number of aromatic nitrogens is 8. The second-order valence-electron chi connectivity index (χ2n) is 10.2. The Labute approximate surface area is 226 Å². The van der Waals surface area contributed by atoms with Gasteiger partial charge in [0.2, 0.25) is 0 Å². The van der Waals surface area contributed by atoms with E-state index < -0.39 is 0 Å². The van der Waals surface area contributed by atoms with Crippen LogP contribution in [0.2, 0.25) is 0 Å². The Morgan fingerprint density at radius 1 is 0.923 bits per heavy atom. The third-order valence-electron chi connectivity index (χ3n) is 6.94. The van der Waals surface area contributed by atoms with Crippen LogP contribution in [0.5, 0.6) is 0 Å². The summed E-state index contributed by atoms with van der Waals surface area (Å²) in [4.78, 5) is 31.8. The number of tetrazole rings is 1. The van der Waals surface area contributed by atoms with Gasteiger partial charge in [0.05, 0.1) is 0 Å². The Morgan fingerprint density at radius 3 is 2.31 bits per heavy atom. The summed E-state index contributed by atoms with van der Waals surface area (Å²) >= 11 is 0. The zero-order chi connectivity index (χ0) is 27.5. The second kappa shape index (κ2) is 11.2. The molecule has 0 aliphatic heterocycles. The van der Waals surface area contributed by atoms with E-state index in [4.69, 9.17) is 4.98 Å². The first-order chi connectivity index (χ1) is 18.9. The molecule has 0 unspecified atom stereocenters. The molecule has 0 fully saturated rings. The van der Waals surface area contributed by atoms with E-state index >= 15 is 0 Å². The van der Waals surface area contributed by atoms with Gasteiger partial charge in [-0.1, -0.05) is 75.7 Å². The highest BCUT2D eigenvalue weighted by molar-refractivity contribution is 5.80. The highest BCUT2D eigenvalue weighted by Gasteiger charge is 2.21. The van der Waals surface area contributed by atoms with E-state index in [1.165, 1.54) is 4.57 Å². The van der Waals surface area contributed by atoms with Crippen LogP contribution in [0.15, 0.2) is 58.1 Å². The minimum atomic E-state index is -0.291. The van der Waals surface area contributed by atoms with Crippen LogP contribution in [0.25, 0.3) is 33.7 Å². The maximum Gasteiger partial charge on any atom is 0.332 e. The number of aryl methyl sites for hydroxylation is 2. The summed E-state index contributed by atoms with van der Waals surface area (Å²) in [5.41, 5.74) is 4.42. The molecule has 3 heterocycles. The first-order valence-corrected chi connectivity index (χ1v) is 13.6. The number of hydrogen-bond donors (Lipinski definition) is 1. The number of benzene rings is 2. The minimum absolute atomic E-state index is 0.164. The third kappa shape index (κ3) is 5.06. The number of fused-ring (bicyclic) bond motifs is 1. The largest absolute Gasteiger partial charge is 0.332 e. The van der Waals surface area contributed by atoms with E-state index in [1.54, 1.807) is 4.57 Å². The molecule has 0 atom stereocenters. The van der Waals surface area contributed by atoms with Crippen molar-refractivity contribution in [2.24, 2.45) is 5.92 Å². The van der Waals surface area contributed by atoms with E-state index in [2.05, 4.69) is 51.8 Å². The van der Waals surface area contributed by atoms with Gasteiger partial charge in [-0.05, 0) is 46.4 Å². The molecule has 0 spiro atoms. The fraction of sp³-hybridized carbons (Fsp3) is 0.379. The number of H-pyrrole nitrogens is 1. The maximum atomic E-state index is 13.7. The third-order valence-corrected chi connectivity index (χ3v) is 6.94. The standard InChI is InChI=1S/C29H34N8O2/c1-5-7-12-24-30-27-25(28(38)37(17-19(3)4)29(39)35(27)6-2)36(24)18-20-13-15-21(16-14-20)22-10-8-9-11-23(22)26-31-33-34-32-26/h8-11,13-16,19H,5-7,12,17-18H2,1-4H3,(H,31,32,33,34). The lowest BCUT2D eigenvalue weighted by Gasteiger charge is -2.14. The van der Waals surface area contributed by atoms with E-state index in [0.717, 1.165) is 47.3 Å². The van der Waals surface area contributed by atoms with Gasteiger partial charge in [0.25, 0.3) is 5.56 Å². The Balaban J connectivity index is 1.59. The Morgan fingerprint density at radius 2 is 1.67 bits per heavy atom. The zero-order valence-corrected chi connectivity index (χ0v) is 22.9. The number of rotatable bonds is 10.